The molecule has 114 valence electrons. The van der Waals surface area contributed by atoms with Gasteiger partial charge in [-0.15, -0.1) is 0 Å². The molecule has 0 heterocycles. The number of carbonyl (C=O) groups is 2. The zero-order valence-corrected chi connectivity index (χ0v) is 13.1. The molecule has 4 heteroatoms. The molecule has 0 bridgehead atoms. The lowest BCUT2D eigenvalue weighted by atomic mass is 10.2. The predicted octanol–water partition coefficient (Wildman–Crippen LogP) is 3.45. The summed E-state index contributed by atoms with van der Waals surface area (Å²) in [5, 5.41) is 0. The zero-order valence-electron chi connectivity index (χ0n) is 13.1. The lowest BCUT2D eigenvalue weighted by molar-refractivity contribution is -0.137. The van der Waals surface area contributed by atoms with E-state index in [9.17, 15) is 9.59 Å². The van der Waals surface area contributed by atoms with Gasteiger partial charge >= 0.3 is 11.9 Å². The molecular formula is C18H18O4. The third-order valence-electron chi connectivity index (χ3n) is 2.35. The molecule has 0 amide bonds. The van der Waals surface area contributed by atoms with Gasteiger partial charge in [0.05, 0.1) is 0 Å². The molecule has 0 aromatic heterocycles. The molecule has 0 N–H and O–H groups in total. The van der Waals surface area contributed by atoms with Crippen LogP contribution in [-0.2, 0) is 19.1 Å². The molecule has 1 aromatic carbocycles. The van der Waals surface area contributed by atoms with Crippen LogP contribution in [0.4, 0.5) is 0 Å². The van der Waals surface area contributed by atoms with E-state index in [1.165, 1.54) is 13.8 Å². The minimum Gasteiger partial charge on any atom is -0.417 e. The van der Waals surface area contributed by atoms with Gasteiger partial charge in [-0.25, -0.2) is 0 Å². The number of ether oxygens (including phenoxy) is 2. The van der Waals surface area contributed by atoms with Crippen LogP contribution in [0.1, 0.15) is 33.3 Å². The minimum atomic E-state index is -0.470. The smallest absolute Gasteiger partial charge is 0.308 e. The van der Waals surface area contributed by atoms with Gasteiger partial charge in [-0.2, -0.15) is 0 Å². The maximum atomic E-state index is 11.2. The van der Waals surface area contributed by atoms with Crippen LogP contribution < -0.4 is 0 Å². The highest BCUT2D eigenvalue weighted by atomic mass is 16.5. The number of hydrogen-bond acceptors (Lipinski definition) is 4. The fraction of sp³-hybridized carbons (Fsp3) is 0.222. The number of carbonyl (C=O) groups excluding carboxylic acids is 2. The molecule has 0 atom stereocenters. The van der Waals surface area contributed by atoms with Crippen molar-refractivity contribution in [2.75, 3.05) is 0 Å². The van der Waals surface area contributed by atoms with Gasteiger partial charge in [-0.3, -0.25) is 9.59 Å². The minimum absolute atomic E-state index is 0.185. The Bertz CT molecular complexity index is 666. The van der Waals surface area contributed by atoms with Crippen LogP contribution in [-0.4, -0.2) is 11.9 Å². The molecule has 0 aliphatic heterocycles. The van der Waals surface area contributed by atoms with E-state index in [-0.39, 0.29) is 11.5 Å². The van der Waals surface area contributed by atoms with E-state index in [0.29, 0.717) is 0 Å². The summed E-state index contributed by atoms with van der Waals surface area (Å²) in [7, 11) is 0. The Morgan fingerprint density at radius 2 is 1.50 bits per heavy atom. The second-order valence-corrected chi connectivity index (χ2v) is 4.69. The standard InChI is InChI=1S/C18H18O4/c1-13(2)18(22-15(4)20)11-10-17(21-14(3)19)12-16-8-6-5-7-9-16/h5-9,12H,1-4H3/b17-12+. The summed E-state index contributed by atoms with van der Waals surface area (Å²) in [4.78, 5) is 22.2. The maximum absolute atomic E-state index is 11.2. The maximum Gasteiger partial charge on any atom is 0.308 e. The average Bonchev–Trinajstić information content (AvgIpc) is 2.43. The van der Waals surface area contributed by atoms with Gasteiger partial charge in [-0.1, -0.05) is 30.3 Å². The van der Waals surface area contributed by atoms with Crippen molar-refractivity contribution in [2.24, 2.45) is 0 Å². The largest absolute Gasteiger partial charge is 0.417 e. The first kappa shape index (κ1) is 17.3. The quantitative estimate of drug-likeness (QED) is 0.487. The van der Waals surface area contributed by atoms with Crippen molar-refractivity contribution in [3.05, 3.63) is 53.0 Å². The Labute approximate surface area is 130 Å². The molecular weight excluding hydrogens is 280 g/mol. The SMILES string of the molecule is CC(=O)OC(C#C/C(=C\c1ccccc1)OC(C)=O)=C(C)C. The van der Waals surface area contributed by atoms with Gasteiger partial charge in [0.25, 0.3) is 0 Å². The first-order valence-corrected chi connectivity index (χ1v) is 6.71. The summed E-state index contributed by atoms with van der Waals surface area (Å²) in [6, 6.07) is 9.34. The average molecular weight is 298 g/mol. The van der Waals surface area contributed by atoms with Crippen molar-refractivity contribution in [1.82, 2.24) is 0 Å². The molecule has 0 unspecified atom stereocenters. The molecule has 0 saturated carbocycles. The molecule has 0 aliphatic rings. The second kappa shape index (κ2) is 8.48. The second-order valence-electron chi connectivity index (χ2n) is 4.69. The van der Waals surface area contributed by atoms with E-state index in [0.717, 1.165) is 11.1 Å². The molecule has 0 fully saturated rings. The van der Waals surface area contributed by atoms with E-state index in [4.69, 9.17) is 9.47 Å². The van der Waals surface area contributed by atoms with E-state index < -0.39 is 11.9 Å². The van der Waals surface area contributed by atoms with Gasteiger partial charge in [0.15, 0.2) is 11.5 Å². The van der Waals surface area contributed by atoms with Crippen LogP contribution in [0.5, 0.6) is 0 Å². The highest BCUT2D eigenvalue weighted by molar-refractivity contribution is 5.71. The Morgan fingerprint density at radius 3 is 2.00 bits per heavy atom. The van der Waals surface area contributed by atoms with Gasteiger partial charge < -0.3 is 9.47 Å². The predicted molar refractivity (Wildman–Crippen MR) is 84.1 cm³/mol. The highest BCUT2D eigenvalue weighted by Gasteiger charge is 2.03. The van der Waals surface area contributed by atoms with Crippen LogP contribution in [0, 0.1) is 11.8 Å². The fourth-order valence-corrected chi connectivity index (χ4v) is 1.46. The molecule has 1 rings (SSSR count). The Balaban J connectivity index is 3.12. The third-order valence-corrected chi connectivity index (χ3v) is 2.35. The number of allylic oxidation sites excluding steroid dienone is 3. The summed E-state index contributed by atoms with van der Waals surface area (Å²) < 4.78 is 10.1. The number of rotatable bonds is 3. The normalized spacial score (nSPS) is 10.1. The van der Waals surface area contributed by atoms with Crippen molar-refractivity contribution in [2.45, 2.75) is 27.7 Å². The molecule has 1 aromatic rings. The molecule has 4 nitrogen and oxygen atoms in total. The first-order valence-electron chi connectivity index (χ1n) is 6.71. The van der Waals surface area contributed by atoms with Crippen molar-refractivity contribution < 1.29 is 19.1 Å². The monoisotopic (exact) mass is 298 g/mol. The van der Waals surface area contributed by atoms with Crippen molar-refractivity contribution in [1.29, 1.82) is 0 Å². The van der Waals surface area contributed by atoms with Gasteiger partial charge in [-0.05, 0) is 42.9 Å². The molecule has 0 saturated heterocycles. The number of esters is 2. The Kier molecular flexibility index (Phi) is 6.65. The summed E-state index contributed by atoms with van der Waals surface area (Å²) in [6.07, 6.45) is 1.64. The number of hydrogen-bond donors (Lipinski definition) is 0. The Hall–Kier alpha value is -2.80. The zero-order chi connectivity index (χ0) is 16.5. The van der Waals surface area contributed by atoms with Gasteiger partial charge in [0, 0.05) is 13.8 Å². The van der Waals surface area contributed by atoms with E-state index >= 15 is 0 Å². The van der Waals surface area contributed by atoms with Crippen LogP contribution in [0.2, 0.25) is 0 Å². The lowest BCUT2D eigenvalue weighted by Gasteiger charge is -2.03. The van der Waals surface area contributed by atoms with Crippen LogP contribution in [0.3, 0.4) is 0 Å². The van der Waals surface area contributed by atoms with Crippen molar-refractivity contribution in [3.8, 4) is 11.8 Å². The van der Waals surface area contributed by atoms with Crippen molar-refractivity contribution in [3.63, 3.8) is 0 Å². The summed E-state index contributed by atoms with van der Waals surface area (Å²) in [6.45, 7) is 6.16. The third kappa shape index (κ3) is 6.58. The van der Waals surface area contributed by atoms with Crippen molar-refractivity contribution >= 4 is 18.0 Å². The van der Waals surface area contributed by atoms with E-state index in [2.05, 4.69) is 11.8 Å². The fourth-order valence-electron chi connectivity index (χ4n) is 1.46. The van der Waals surface area contributed by atoms with Crippen LogP contribution in [0.25, 0.3) is 6.08 Å². The van der Waals surface area contributed by atoms with E-state index in [1.807, 2.05) is 30.3 Å². The molecule has 0 spiro atoms. The topological polar surface area (TPSA) is 52.6 Å². The molecule has 0 aliphatic carbocycles. The highest BCUT2D eigenvalue weighted by Crippen LogP contribution is 2.09. The van der Waals surface area contributed by atoms with Gasteiger partial charge in [0.2, 0.25) is 0 Å². The lowest BCUT2D eigenvalue weighted by Crippen LogP contribution is -2.00. The Morgan fingerprint density at radius 1 is 0.909 bits per heavy atom. The summed E-state index contributed by atoms with van der Waals surface area (Å²) >= 11 is 0. The molecule has 22 heavy (non-hydrogen) atoms. The van der Waals surface area contributed by atoms with Gasteiger partial charge in [0.1, 0.15) is 0 Å². The summed E-state index contributed by atoms with van der Waals surface area (Å²) in [5.74, 6) is 4.95. The first-order chi connectivity index (χ1) is 10.4. The number of benzene rings is 1. The summed E-state index contributed by atoms with van der Waals surface area (Å²) in [5.41, 5.74) is 1.60. The molecule has 0 radical (unpaired) electrons. The van der Waals surface area contributed by atoms with Crippen LogP contribution >= 0.6 is 0 Å². The van der Waals surface area contributed by atoms with Crippen LogP contribution in [0.15, 0.2) is 47.4 Å². The van der Waals surface area contributed by atoms with E-state index in [1.54, 1.807) is 19.9 Å².